The zero-order valence-corrected chi connectivity index (χ0v) is 19.9. The van der Waals surface area contributed by atoms with Crippen LogP contribution in [0.15, 0.2) is 48.5 Å². The van der Waals surface area contributed by atoms with E-state index in [-0.39, 0.29) is 24.7 Å². The van der Waals surface area contributed by atoms with Crippen molar-refractivity contribution in [1.82, 2.24) is 10.3 Å². The van der Waals surface area contributed by atoms with Gasteiger partial charge in [-0.15, -0.1) is 0 Å². The number of fused-ring (bicyclic) bond motifs is 1. The van der Waals surface area contributed by atoms with E-state index < -0.39 is 0 Å². The minimum atomic E-state index is -0.188. The Bertz CT molecular complexity index is 1170. The Morgan fingerprint density at radius 3 is 2.59 bits per heavy atom. The van der Waals surface area contributed by atoms with Gasteiger partial charge >= 0.3 is 0 Å². The summed E-state index contributed by atoms with van der Waals surface area (Å²) in [7, 11) is 1.61. The van der Waals surface area contributed by atoms with E-state index in [1.54, 1.807) is 7.11 Å². The summed E-state index contributed by atoms with van der Waals surface area (Å²) in [6.45, 7) is 4.59. The summed E-state index contributed by atoms with van der Waals surface area (Å²) in [5.41, 5.74) is 3.72. The minimum absolute atomic E-state index is 0.118. The van der Waals surface area contributed by atoms with Gasteiger partial charge in [0.05, 0.1) is 12.6 Å². The second-order valence-corrected chi connectivity index (χ2v) is 8.75. The molecule has 2 heterocycles. The molecule has 2 N–H and O–H groups in total. The van der Waals surface area contributed by atoms with Crippen molar-refractivity contribution in [3.05, 3.63) is 59.7 Å². The van der Waals surface area contributed by atoms with Crippen molar-refractivity contribution in [2.45, 2.75) is 45.6 Å². The molecule has 4 rings (SSSR count). The van der Waals surface area contributed by atoms with Crippen LogP contribution in [0.4, 0.5) is 11.5 Å². The second-order valence-electron chi connectivity index (χ2n) is 8.75. The zero-order chi connectivity index (χ0) is 23.9. The predicted octanol–water partition coefficient (Wildman–Crippen LogP) is 4.58. The Kier molecular flexibility index (Phi) is 7.62. The molecule has 1 aliphatic rings. The summed E-state index contributed by atoms with van der Waals surface area (Å²) < 4.78 is 5.19. The molecule has 0 unspecified atom stereocenters. The largest absolute Gasteiger partial charge is 0.497 e. The van der Waals surface area contributed by atoms with Crippen LogP contribution in [0.3, 0.4) is 0 Å². The fourth-order valence-electron chi connectivity index (χ4n) is 4.26. The van der Waals surface area contributed by atoms with E-state index in [2.05, 4.69) is 28.5 Å². The molecule has 0 radical (unpaired) electrons. The van der Waals surface area contributed by atoms with Crippen molar-refractivity contribution in [2.24, 2.45) is 0 Å². The number of hydrogen-bond donors (Lipinski definition) is 2. The monoisotopic (exact) mass is 460 g/mol. The molecule has 7 nitrogen and oxygen atoms in total. The van der Waals surface area contributed by atoms with Crippen molar-refractivity contribution >= 4 is 34.2 Å². The van der Waals surface area contributed by atoms with Gasteiger partial charge in [-0.1, -0.05) is 12.1 Å². The van der Waals surface area contributed by atoms with Crippen molar-refractivity contribution in [3.63, 3.8) is 0 Å². The average molecular weight is 461 g/mol. The summed E-state index contributed by atoms with van der Waals surface area (Å²) in [5.74, 6) is 1.42. The number of aryl methyl sites for hydroxylation is 1. The number of hydrogen-bond acceptors (Lipinski definition) is 5. The van der Waals surface area contributed by atoms with E-state index in [0.29, 0.717) is 12.2 Å². The lowest BCUT2D eigenvalue weighted by atomic mass is 10.1. The number of pyridine rings is 1. The van der Waals surface area contributed by atoms with Gasteiger partial charge in [0.15, 0.2) is 0 Å². The van der Waals surface area contributed by atoms with Crippen LogP contribution in [0.1, 0.15) is 43.2 Å². The van der Waals surface area contributed by atoms with E-state index in [4.69, 9.17) is 9.72 Å². The van der Waals surface area contributed by atoms with Gasteiger partial charge in [-0.2, -0.15) is 0 Å². The topological polar surface area (TPSA) is 83.6 Å². The van der Waals surface area contributed by atoms with Gasteiger partial charge in [0.25, 0.3) is 0 Å². The predicted molar refractivity (Wildman–Crippen MR) is 135 cm³/mol. The van der Waals surface area contributed by atoms with Crippen LogP contribution >= 0.6 is 0 Å². The first-order valence-electron chi connectivity index (χ1n) is 11.9. The first-order valence-corrected chi connectivity index (χ1v) is 11.9. The summed E-state index contributed by atoms with van der Waals surface area (Å²) >= 11 is 0. The Morgan fingerprint density at radius 1 is 1.00 bits per heavy atom. The minimum Gasteiger partial charge on any atom is -0.497 e. The highest BCUT2D eigenvalue weighted by Gasteiger charge is 2.14. The molecule has 2 amide bonds. The van der Waals surface area contributed by atoms with Gasteiger partial charge in [-0.25, -0.2) is 4.98 Å². The summed E-state index contributed by atoms with van der Waals surface area (Å²) in [4.78, 5) is 31.8. The molecule has 178 valence electrons. The number of benzene rings is 2. The van der Waals surface area contributed by atoms with Gasteiger partial charge < -0.3 is 20.3 Å². The lowest BCUT2D eigenvalue weighted by Gasteiger charge is -2.28. The van der Waals surface area contributed by atoms with E-state index in [9.17, 15) is 9.59 Å². The van der Waals surface area contributed by atoms with Crippen molar-refractivity contribution in [1.29, 1.82) is 0 Å². The van der Waals surface area contributed by atoms with Gasteiger partial charge in [-0.05, 0) is 73.7 Å². The van der Waals surface area contributed by atoms with E-state index in [1.807, 2.05) is 42.5 Å². The average Bonchev–Trinajstić information content (AvgIpc) is 2.87. The van der Waals surface area contributed by atoms with Crippen LogP contribution in [0.5, 0.6) is 5.75 Å². The van der Waals surface area contributed by atoms with Gasteiger partial charge in [0.2, 0.25) is 11.8 Å². The molecule has 2 aromatic carbocycles. The Hall–Kier alpha value is -3.61. The van der Waals surface area contributed by atoms with Crippen molar-refractivity contribution in [3.8, 4) is 5.75 Å². The number of carbonyl (C=O) groups is 2. The molecular formula is C27H32N4O3. The standard InChI is InChI=1S/C27H32N4O3/c1-19-15-25(31-13-4-3-5-14-31)30-24-10-9-21(17-23(19)24)29-27(33)12-11-26(32)28-18-20-7-6-8-22(16-20)34-2/h6-10,15-17H,3-5,11-14,18H2,1-2H3,(H,28,32)(H,29,33). The number of rotatable bonds is 8. The SMILES string of the molecule is COc1cccc(CNC(=O)CCC(=O)Nc2ccc3nc(N4CCCCC4)cc(C)c3c2)c1. The highest BCUT2D eigenvalue weighted by atomic mass is 16.5. The molecule has 0 spiro atoms. The molecule has 1 fully saturated rings. The molecular weight excluding hydrogens is 428 g/mol. The summed E-state index contributed by atoms with van der Waals surface area (Å²) in [6, 6.07) is 15.4. The molecule has 34 heavy (non-hydrogen) atoms. The Labute approximate surface area is 200 Å². The van der Waals surface area contributed by atoms with E-state index in [0.717, 1.165) is 46.7 Å². The first kappa shape index (κ1) is 23.5. The molecule has 3 aromatic rings. The number of methoxy groups -OCH3 is 1. The quantitative estimate of drug-likeness (QED) is 0.514. The number of piperidine rings is 1. The van der Waals surface area contributed by atoms with Crippen LogP contribution in [-0.4, -0.2) is 37.0 Å². The Balaban J connectivity index is 1.30. The van der Waals surface area contributed by atoms with Gasteiger partial charge in [0.1, 0.15) is 11.6 Å². The maximum Gasteiger partial charge on any atom is 0.224 e. The third-order valence-corrected chi connectivity index (χ3v) is 6.17. The number of ether oxygens (including phenoxy) is 1. The highest BCUT2D eigenvalue weighted by molar-refractivity contribution is 5.96. The molecule has 0 bridgehead atoms. The highest BCUT2D eigenvalue weighted by Crippen LogP contribution is 2.27. The molecule has 1 aromatic heterocycles. The third-order valence-electron chi connectivity index (χ3n) is 6.17. The lowest BCUT2D eigenvalue weighted by Crippen LogP contribution is -2.30. The fraction of sp³-hybridized carbons (Fsp3) is 0.370. The number of aromatic nitrogens is 1. The van der Waals surface area contributed by atoms with Crippen molar-refractivity contribution in [2.75, 3.05) is 30.4 Å². The smallest absolute Gasteiger partial charge is 0.224 e. The zero-order valence-electron chi connectivity index (χ0n) is 19.9. The maximum absolute atomic E-state index is 12.4. The van der Waals surface area contributed by atoms with Crippen LogP contribution in [0, 0.1) is 6.92 Å². The summed E-state index contributed by atoms with van der Waals surface area (Å²) in [5, 5.41) is 6.78. The van der Waals surface area contributed by atoms with Crippen LogP contribution in [0.2, 0.25) is 0 Å². The van der Waals surface area contributed by atoms with Crippen molar-refractivity contribution < 1.29 is 14.3 Å². The fourth-order valence-corrected chi connectivity index (χ4v) is 4.26. The Morgan fingerprint density at radius 2 is 1.79 bits per heavy atom. The van der Waals surface area contributed by atoms with Crippen LogP contribution in [0.25, 0.3) is 10.9 Å². The maximum atomic E-state index is 12.4. The number of carbonyl (C=O) groups excluding carboxylic acids is 2. The first-order chi connectivity index (χ1) is 16.5. The molecule has 0 atom stereocenters. The molecule has 7 heteroatoms. The number of nitrogens with one attached hydrogen (secondary N) is 2. The number of amides is 2. The number of anilines is 2. The normalized spacial score (nSPS) is 13.5. The molecule has 1 aliphatic heterocycles. The summed E-state index contributed by atoms with van der Waals surface area (Å²) in [6.07, 6.45) is 3.96. The third kappa shape index (κ3) is 6.04. The lowest BCUT2D eigenvalue weighted by molar-refractivity contribution is -0.124. The van der Waals surface area contributed by atoms with Gasteiger partial charge in [0, 0.05) is 43.5 Å². The van der Waals surface area contributed by atoms with Crippen LogP contribution in [-0.2, 0) is 16.1 Å². The number of nitrogens with zero attached hydrogens (tertiary/aromatic N) is 2. The van der Waals surface area contributed by atoms with Gasteiger partial charge in [-0.3, -0.25) is 9.59 Å². The molecule has 1 saturated heterocycles. The van der Waals surface area contributed by atoms with E-state index >= 15 is 0 Å². The molecule has 0 saturated carbocycles. The van der Waals surface area contributed by atoms with Crippen LogP contribution < -0.4 is 20.3 Å². The second kappa shape index (κ2) is 11.0. The van der Waals surface area contributed by atoms with E-state index in [1.165, 1.54) is 19.3 Å². The molecule has 0 aliphatic carbocycles.